The van der Waals surface area contributed by atoms with Gasteiger partial charge >= 0.3 is 0 Å². The van der Waals surface area contributed by atoms with Gasteiger partial charge in [0.05, 0.1) is 13.2 Å². The fourth-order valence-electron chi connectivity index (χ4n) is 2.29. The van der Waals surface area contributed by atoms with E-state index in [4.69, 9.17) is 9.47 Å². The van der Waals surface area contributed by atoms with E-state index in [0.29, 0.717) is 6.61 Å². The summed E-state index contributed by atoms with van der Waals surface area (Å²) in [6.07, 6.45) is -0.504. The Balaban J connectivity index is 2.20. The molecule has 112 valence electrons. The fourth-order valence-corrected chi connectivity index (χ4v) is 2.29. The maximum Gasteiger partial charge on any atom is 0.125 e. The zero-order chi connectivity index (χ0) is 15.4. The molecule has 3 nitrogen and oxygen atoms in total. The number of aliphatic hydroxyl groups excluding tert-OH is 1. The average molecular weight is 286 g/mol. The SMILES string of the molecule is COc1ccc(C(C)O)cc1COc1ccc(C)cc1C. The topological polar surface area (TPSA) is 38.7 Å². The van der Waals surface area contributed by atoms with Gasteiger partial charge in [-0.25, -0.2) is 0 Å². The van der Waals surface area contributed by atoms with Gasteiger partial charge in [0.2, 0.25) is 0 Å². The monoisotopic (exact) mass is 286 g/mol. The van der Waals surface area contributed by atoms with E-state index in [2.05, 4.69) is 13.0 Å². The highest BCUT2D eigenvalue weighted by Gasteiger charge is 2.09. The normalized spacial score (nSPS) is 12.0. The standard InChI is InChI=1S/C18H22O3/c1-12-5-7-17(13(2)9-12)21-11-16-10-15(14(3)19)6-8-18(16)20-4/h5-10,14,19H,11H2,1-4H3. The third kappa shape index (κ3) is 3.76. The summed E-state index contributed by atoms with van der Waals surface area (Å²) in [6.45, 7) is 6.25. The van der Waals surface area contributed by atoms with Crippen LogP contribution >= 0.6 is 0 Å². The van der Waals surface area contributed by atoms with Crippen molar-refractivity contribution >= 4 is 0 Å². The number of ether oxygens (including phenoxy) is 2. The van der Waals surface area contributed by atoms with Gasteiger partial charge in [0.1, 0.15) is 18.1 Å². The molecule has 2 rings (SSSR count). The van der Waals surface area contributed by atoms with Crippen molar-refractivity contribution in [1.82, 2.24) is 0 Å². The lowest BCUT2D eigenvalue weighted by molar-refractivity contribution is 0.198. The lowest BCUT2D eigenvalue weighted by atomic mass is 10.1. The van der Waals surface area contributed by atoms with Gasteiger partial charge in [-0.3, -0.25) is 0 Å². The van der Waals surface area contributed by atoms with Gasteiger partial charge in [0.15, 0.2) is 0 Å². The second-order valence-electron chi connectivity index (χ2n) is 5.30. The van der Waals surface area contributed by atoms with Crippen molar-refractivity contribution in [2.24, 2.45) is 0 Å². The summed E-state index contributed by atoms with van der Waals surface area (Å²) in [6, 6.07) is 11.8. The molecule has 0 spiro atoms. The number of aliphatic hydroxyl groups is 1. The van der Waals surface area contributed by atoms with Crippen LogP contribution in [0.5, 0.6) is 11.5 Å². The van der Waals surface area contributed by atoms with Crippen molar-refractivity contribution in [2.75, 3.05) is 7.11 Å². The number of rotatable bonds is 5. The second kappa shape index (κ2) is 6.64. The van der Waals surface area contributed by atoms with E-state index in [-0.39, 0.29) is 0 Å². The molecule has 0 saturated heterocycles. The molecule has 1 unspecified atom stereocenters. The van der Waals surface area contributed by atoms with Gasteiger partial charge in [-0.1, -0.05) is 23.8 Å². The van der Waals surface area contributed by atoms with E-state index >= 15 is 0 Å². The minimum absolute atomic E-state index is 0.410. The van der Waals surface area contributed by atoms with Crippen molar-refractivity contribution in [3.63, 3.8) is 0 Å². The van der Waals surface area contributed by atoms with E-state index < -0.39 is 6.10 Å². The Morgan fingerprint density at radius 2 is 1.76 bits per heavy atom. The Morgan fingerprint density at radius 3 is 2.38 bits per heavy atom. The van der Waals surface area contributed by atoms with Crippen LogP contribution in [0.25, 0.3) is 0 Å². The van der Waals surface area contributed by atoms with Crippen LogP contribution in [0.1, 0.15) is 35.3 Å². The van der Waals surface area contributed by atoms with Crippen LogP contribution in [0, 0.1) is 13.8 Å². The van der Waals surface area contributed by atoms with Crippen LogP contribution in [0.4, 0.5) is 0 Å². The van der Waals surface area contributed by atoms with Gasteiger partial charge in [0, 0.05) is 5.56 Å². The smallest absolute Gasteiger partial charge is 0.125 e. The molecule has 0 bridgehead atoms. The highest BCUT2D eigenvalue weighted by Crippen LogP contribution is 2.26. The van der Waals surface area contributed by atoms with Crippen LogP contribution in [0.15, 0.2) is 36.4 Å². The van der Waals surface area contributed by atoms with Crippen LogP contribution < -0.4 is 9.47 Å². The Kier molecular flexibility index (Phi) is 4.86. The Bertz CT molecular complexity index is 618. The first-order chi connectivity index (χ1) is 10.0. The van der Waals surface area contributed by atoms with Crippen LogP contribution in [-0.2, 0) is 6.61 Å². The molecule has 0 aliphatic heterocycles. The number of methoxy groups -OCH3 is 1. The summed E-state index contributed by atoms with van der Waals surface area (Å²) >= 11 is 0. The summed E-state index contributed by atoms with van der Waals surface area (Å²) < 4.78 is 11.2. The first-order valence-corrected chi connectivity index (χ1v) is 7.06. The van der Waals surface area contributed by atoms with Crippen LogP contribution in [0.2, 0.25) is 0 Å². The number of benzene rings is 2. The minimum Gasteiger partial charge on any atom is -0.496 e. The zero-order valence-electron chi connectivity index (χ0n) is 13.0. The van der Waals surface area contributed by atoms with Gasteiger partial charge < -0.3 is 14.6 Å². The van der Waals surface area contributed by atoms with E-state index in [1.807, 2.05) is 37.3 Å². The van der Waals surface area contributed by atoms with E-state index in [1.54, 1.807) is 14.0 Å². The van der Waals surface area contributed by atoms with Crippen molar-refractivity contribution in [3.8, 4) is 11.5 Å². The first kappa shape index (κ1) is 15.4. The molecule has 0 aromatic heterocycles. The van der Waals surface area contributed by atoms with Crippen molar-refractivity contribution in [3.05, 3.63) is 58.7 Å². The molecule has 0 aliphatic rings. The van der Waals surface area contributed by atoms with Crippen molar-refractivity contribution < 1.29 is 14.6 Å². The molecule has 0 heterocycles. The second-order valence-corrected chi connectivity index (χ2v) is 5.30. The molecule has 1 atom stereocenters. The van der Waals surface area contributed by atoms with Gasteiger partial charge in [-0.2, -0.15) is 0 Å². The summed E-state index contributed by atoms with van der Waals surface area (Å²) in [5.41, 5.74) is 4.11. The molecule has 0 aliphatic carbocycles. The lowest BCUT2D eigenvalue weighted by Gasteiger charge is -2.14. The molecular weight excluding hydrogens is 264 g/mol. The lowest BCUT2D eigenvalue weighted by Crippen LogP contribution is -2.02. The highest BCUT2D eigenvalue weighted by atomic mass is 16.5. The molecule has 2 aromatic carbocycles. The minimum atomic E-state index is -0.504. The van der Waals surface area contributed by atoms with Crippen LogP contribution in [-0.4, -0.2) is 12.2 Å². The summed E-state index contributed by atoms with van der Waals surface area (Å²) in [7, 11) is 1.64. The first-order valence-electron chi connectivity index (χ1n) is 7.06. The van der Waals surface area contributed by atoms with Crippen molar-refractivity contribution in [1.29, 1.82) is 0 Å². The Morgan fingerprint density at radius 1 is 1.05 bits per heavy atom. The zero-order valence-corrected chi connectivity index (χ0v) is 13.0. The molecule has 3 heteroatoms. The molecule has 1 N–H and O–H groups in total. The average Bonchev–Trinajstić information content (AvgIpc) is 2.46. The third-order valence-corrected chi connectivity index (χ3v) is 3.50. The van der Waals surface area contributed by atoms with E-state index in [0.717, 1.165) is 28.2 Å². The quantitative estimate of drug-likeness (QED) is 0.904. The number of aryl methyl sites for hydroxylation is 2. The maximum atomic E-state index is 9.69. The number of hydrogen-bond acceptors (Lipinski definition) is 3. The van der Waals surface area contributed by atoms with Crippen molar-refractivity contribution in [2.45, 2.75) is 33.5 Å². The molecule has 2 aromatic rings. The molecule has 0 amide bonds. The molecule has 0 saturated carbocycles. The largest absolute Gasteiger partial charge is 0.496 e. The molecule has 0 radical (unpaired) electrons. The molecular formula is C18H22O3. The summed E-state index contributed by atoms with van der Waals surface area (Å²) in [5, 5.41) is 9.69. The highest BCUT2D eigenvalue weighted by molar-refractivity contribution is 5.39. The number of hydrogen-bond donors (Lipinski definition) is 1. The predicted molar refractivity (Wildman–Crippen MR) is 83.9 cm³/mol. The van der Waals surface area contributed by atoms with Gasteiger partial charge in [0.25, 0.3) is 0 Å². The van der Waals surface area contributed by atoms with Gasteiger partial charge in [-0.05, 0) is 50.1 Å². The maximum absolute atomic E-state index is 9.69. The van der Waals surface area contributed by atoms with E-state index in [1.165, 1.54) is 5.56 Å². The Labute approximate surface area is 126 Å². The van der Waals surface area contributed by atoms with Crippen LogP contribution in [0.3, 0.4) is 0 Å². The van der Waals surface area contributed by atoms with Gasteiger partial charge in [-0.15, -0.1) is 0 Å². The Hall–Kier alpha value is -2.00. The third-order valence-electron chi connectivity index (χ3n) is 3.50. The molecule has 0 fully saturated rings. The summed E-state index contributed by atoms with van der Waals surface area (Å²) in [5.74, 6) is 1.63. The predicted octanol–water partition coefficient (Wildman–Crippen LogP) is 3.94. The van der Waals surface area contributed by atoms with E-state index in [9.17, 15) is 5.11 Å². The summed E-state index contributed by atoms with van der Waals surface area (Å²) in [4.78, 5) is 0. The fraction of sp³-hybridized carbons (Fsp3) is 0.333. The molecule has 21 heavy (non-hydrogen) atoms.